The number of carboxylic acid groups (broad SMARTS) is 1. The quantitative estimate of drug-likeness (QED) is 0.614. The standard InChI is InChI=1S/C14H16N2O3.Na/c1-8(2)14(3)13(19)15-11(16-14)9-6-4-5-7-10(9)12(17)18;/h4-8H,1-3H3,(H,17,18)(H,15,16,19);/q;+1/p-1. The first-order valence-electron chi connectivity index (χ1n) is 6.08. The molecule has 1 aliphatic rings. The minimum absolute atomic E-state index is 0. The van der Waals surface area contributed by atoms with Gasteiger partial charge >= 0.3 is 29.6 Å². The number of hydrogen-bond donors (Lipinski definition) is 1. The van der Waals surface area contributed by atoms with Crippen molar-refractivity contribution in [3.8, 4) is 0 Å². The van der Waals surface area contributed by atoms with Crippen LogP contribution in [0.4, 0.5) is 0 Å². The van der Waals surface area contributed by atoms with E-state index in [4.69, 9.17) is 0 Å². The first-order valence-corrected chi connectivity index (χ1v) is 6.08. The number of carbonyl (C=O) groups is 2. The molecule has 6 heteroatoms. The summed E-state index contributed by atoms with van der Waals surface area (Å²) in [4.78, 5) is 27.0. The number of rotatable bonds is 3. The number of aromatic carboxylic acids is 1. The molecule has 0 aliphatic carbocycles. The second kappa shape index (κ2) is 6.08. The van der Waals surface area contributed by atoms with Crippen molar-refractivity contribution >= 4 is 17.7 Å². The molecule has 0 radical (unpaired) electrons. The predicted molar refractivity (Wildman–Crippen MR) is 68.7 cm³/mol. The first kappa shape index (κ1) is 16.9. The van der Waals surface area contributed by atoms with Crippen LogP contribution in [0, 0.1) is 5.92 Å². The zero-order chi connectivity index (χ0) is 14.2. The fraction of sp³-hybridized carbons (Fsp3) is 0.357. The molecule has 2 rings (SSSR count). The van der Waals surface area contributed by atoms with Gasteiger partial charge in [0.2, 0.25) is 0 Å². The molecule has 0 bridgehead atoms. The van der Waals surface area contributed by atoms with Crippen molar-refractivity contribution < 1.29 is 44.3 Å². The Morgan fingerprint density at radius 2 is 1.95 bits per heavy atom. The molecule has 20 heavy (non-hydrogen) atoms. The minimum atomic E-state index is -1.29. The third kappa shape index (κ3) is 2.80. The van der Waals surface area contributed by atoms with Gasteiger partial charge in [-0.1, -0.05) is 38.1 Å². The molecule has 0 saturated carbocycles. The van der Waals surface area contributed by atoms with Crippen molar-refractivity contribution in [2.24, 2.45) is 10.9 Å². The fourth-order valence-corrected chi connectivity index (χ4v) is 1.93. The van der Waals surface area contributed by atoms with Gasteiger partial charge in [-0.3, -0.25) is 4.79 Å². The monoisotopic (exact) mass is 282 g/mol. The Morgan fingerprint density at radius 3 is 2.45 bits per heavy atom. The Kier molecular flexibility index (Phi) is 5.13. The van der Waals surface area contributed by atoms with Crippen molar-refractivity contribution in [2.75, 3.05) is 0 Å². The Bertz CT molecular complexity index is 584. The Labute approximate surface area is 139 Å². The van der Waals surface area contributed by atoms with Gasteiger partial charge in [-0.2, -0.15) is 4.99 Å². The Balaban J connectivity index is 0.00000200. The molecule has 1 aromatic carbocycles. The molecule has 0 spiro atoms. The average Bonchev–Trinajstić information content (AvgIpc) is 2.67. The van der Waals surface area contributed by atoms with Crippen LogP contribution in [0.2, 0.25) is 0 Å². The summed E-state index contributed by atoms with van der Waals surface area (Å²) in [6.07, 6.45) is 0. The van der Waals surface area contributed by atoms with Gasteiger partial charge in [0.1, 0.15) is 11.4 Å². The van der Waals surface area contributed by atoms with E-state index in [9.17, 15) is 14.7 Å². The molecule has 1 aromatic rings. The van der Waals surface area contributed by atoms with E-state index in [-0.39, 0.29) is 46.9 Å². The largest absolute Gasteiger partial charge is 1.00 e. The molecule has 5 nitrogen and oxygen atoms in total. The van der Waals surface area contributed by atoms with Gasteiger partial charge in [0.05, 0.1) is 5.97 Å². The molecule has 1 unspecified atom stereocenters. The zero-order valence-electron chi connectivity index (χ0n) is 12.1. The summed E-state index contributed by atoms with van der Waals surface area (Å²) in [6.45, 7) is 5.58. The molecule has 1 heterocycles. The molecular formula is C14H15N2NaO3. The molecule has 0 saturated heterocycles. The van der Waals surface area contributed by atoms with Crippen LogP contribution in [0.15, 0.2) is 29.3 Å². The fourth-order valence-electron chi connectivity index (χ4n) is 1.93. The molecule has 1 amide bonds. The van der Waals surface area contributed by atoms with Gasteiger partial charge in [0.15, 0.2) is 0 Å². The summed E-state index contributed by atoms with van der Waals surface area (Å²) in [7, 11) is 0. The third-order valence-corrected chi connectivity index (χ3v) is 3.59. The molecule has 1 atom stereocenters. The van der Waals surface area contributed by atoms with Crippen molar-refractivity contribution in [3.05, 3.63) is 35.4 Å². The number of amidine groups is 1. The van der Waals surface area contributed by atoms with E-state index in [1.807, 2.05) is 13.8 Å². The average molecular weight is 282 g/mol. The Hall–Kier alpha value is -1.17. The van der Waals surface area contributed by atoms with Gasteiger partial charge in [-0.15, -0.1) is 0 Å². The number of aliphatic imine (C=N–C) groups is 1. The minimum Gasteiger partial charge on any atom is -0.545 e. The summed E-state index contributed by atoms with van der Waals surface area (Å²) in [5, 5.41) is 14.1. The summed E-state index contributed by atoms with van der Waals surface area (Å²) >= 11 is 0. The maximum absolute atomic E-state index is 12.0. The van der Waals surface area contributed by atoms with Crippen molar-refractivity contribution in [1.82, 2.24) is 5.32 Å². The topological polar surface area (TPSA) is 81.6 Å². The van der Waals surface area contributed by atoms with Crippen LogP contribution >= 0.6 is 0 Å². The number of benzene rings is 1. The Morgan fingerprint density at radius 1 is 1.35 bits per heavy atom. The number of nitrogens with one attached hydrogen (secondary N) is 1. The number of carbonyl (C=O) groups excluding carboxylic acids is 2. The van der Waals surface area contributed by atoms with Crippen LogP contribution in [0.3, 0.4) is 0 Å². The predicted octanol–water partition coefficient (Wildman–Crippen LogP) is -2.65. The molecule has 0 aromatic heterocycles. The van der Waals surface area contributed by atoms with E-state index < -0.39 is 11.5 Å². The van der Waals surface area contributed by atoms with E-state index >= 15 is 0 Å². The van der Waals surface area contributed by atoms with Gasteiger partial charge in [-0.05, 0) is 12.8 Å². The molecule has 100 valence electrons. The molecule has 1 N–H and O–H groups in total. The van der Waals surface area contributed by atoms with Crippen LogP contribution in [0.1, 0.15) is 36.7 Å². The van der Waals surface area contributed by atoms with Gasteiger partial charge in [0, 0.05) is 11.1 Å². The van der Waals surface area contributed by atoms with Gasteiger partial charge < -0.3 is 15.2 Å². The van der Waals surface area contributed by atoms with E-state index in [1.54, 1.807) is 25.1 Å². The number of nitrogens with zero attached hydrogens (tertiary/aromatic N) is 1. The summed E-state index contributed by atoms with van der Waals surface area (Å²) in [5.74, 6) is -1.24. The van der Waals surface area contributed by atoms with Gasteiger partial charge in [0.25, 0.3) is 5.91 Å². The number of amides is 1. The number of carboxylic acids is 1. The van der Waals surface area contributed by atoms with Crippen LogP contribution in [0.5, 0.6) is 0 Å². The van der Waals surface area contributed by atoms with Crippen LogP contribution in [0.25, 0.3) is 0 Å². The first-order chi connectivity index (χ1) is 8.86. The van der Waals surface area contributed by atoms with Gasteiger partial charge in [-0.25, -0.2) is 0 Å². The van der Waals surface area contributed by atoms with Crippen molar-refractivity contribution in [3.63, 3.8) is 0 Å². The summed E-state index contributed by atoms with van der Waals surface area (Å²) in [5.41, 5.74) is -0.399. The van der Waals surface area contributed by atoms with Crippen molar-refractivity contribution in [2.45, 2.75) is 26.3 Å². The molecule has 1 aliphatic heterocycles. The maximum Gasteiger partial charge on any atom is 1.00 e. The van der Waals surface area contributed by atoms with E-state index in [1.165, 1.54) is 6.07 Å². The normalized spacial score (nSPS) is 21.2. The van der Waals surface area contributed by atoms with Crippen LogP contribution in [-0.2, 0) is 4.79 Å². The van der Waals surface area contributed by atoms with Crippen LogP contribution < -0.4 is 40.0 Å². The van der Waals surface area contributed by atoms with E-state index in [0.29, 0.717) is 11.4 Å². The maximum atomic E-state index is 12.0. The van der Waals surface area contributed by atoms with E-state index in [0.717, 1.165) is 0 Å². The molecule has 0 fully saturated rings. The number of hydrogen-bond acceptors (Lipinski definition) is 4. The third-order valence-electron chi connectivity index (χ3n) is 3.59. The molecular weight excluding hydrogens is 267 g/mol. The second-order valence-electron chi connectivity index (χ2n) is 5.08. The summed E-state index contributed by atoms with van der Waals surface area (Å²) < 4.78 is 0. The SMILES string of the molecule is CC(C)C1(C)NC(c2ccccc2C(=O)[O-])=NC1=O.[Na+]. The zero-order valence-corrected chi connectivity index (χ0v) is 14.1. The smallest absolute Gasteiger partial charge is 0.545 e. The second-order valence-corrected chi connectivity index (χ2v) is 5.08. The van der Waals surface area contributed by atoms with Crippen molar-refractivity contribution in [1.29, 1.82) is 0 Å². The van der Waals surface area contributed by atoms with Crippen LogP contribution in [-0.4, -0.2) is 23.3 Å². The summed E-state index contributed by atoms with van der Waals surface area (Å²) in [6, 6.07) is 6.34. The van der Waals surface area contributed by atoms with E-state index in [2.05, 4.69) is 10.3 Å².